The number of anilines is 1. The van der Waals surface area contributed by atoms with E-state index in [1.165, 1.54) is 11.4 Å². The highest BCUT2D eigenvalue weighted by molar-refractivity contribution is 7.96. The van der Waals surface area contributed by atoms with E-state index in [4.69, 9.17) is 22.1 Å². The fourth-order valence-corrected chi connectivity index (χ4v) is 5.16. The van der Waals surface area contributed by atoms with Crippen LogP contribution in [-0.4, -0.2) is 15.5 Å². The molecule has 0 aliphatic carbocycles. The second-order valence-corrected chi connectivity index (χ2v) is 8.53. The van der Waals surface area contributed by atoms with Crippen molar-refractivity contribution < 1.29 is 13.2 Å². The average molecular weight is 400 g/mol. The minimum Gasteiger partial charge on any atom is -0.439 e. The molecule has 8 heteroatoms. The van der Waals surface area contributed by atoms with Gasteiger partial charge < -0.3 is 10.5 Å². The first-order chi connectivity index (χ1) is 12.9. The van der Waals surface area contributed by atoms with Gasteiger partial charge in [-0.3, -0.25) is 4.31 Å². The average Bonchev–Trinajstić information content (AvgIpc) is 2.66. The number of sulfonamides is 1. The first kappa shape index (κ1) is 17.5. The van der Waals surface area contributed by atoms with Crippen LogP contribution in [0.4, 0.5) is 5.69 Å². The standard InChI is InChI=1S/C19H14ClN3O3S/c1-23-15-5-3-2-4-13(15)17-18(27(23,24)25)16(14(10-21)19(22)26-17)11-6-8-12(20)9-7-11/h2-9,16H,22H2,1H3/t16-/m0/s1. The lowest BCUT2D eigenvalue weighted by atomic mass is 9.88. The highest BCUT2D eigenvalue weighted by Crippen LogP contribution is 2.50. The molecule has 2 aromatic rings. The van der Waals surface area contributed by atoms with Crippen LogP contribution < -0.4 is 10.0 Å². The van der Waals surface area contributed by atoms with E-state index in [0.29, 0.717) is 21.8 Å². The summed E-state index contributed by atoms with van der Waals surface area (Å²) in [5.41, 5.74) is 7.72. The van der Waals surface area contributed by atoms with E-state index in [0.717, 1.165) is 0 Å². The third-order valence-electron chi connectivity index (χ3n) is 4.70. The Kier molecular flexibility index (Phi) is 3.91. The number of allylic oxidation sites excluding steroid dienone is 2. The third-order valence-corrected chi connectivity index (χ3v) is 6.85. The number of para-hydroxylation sites is 1. The van der Waals surface area contributed by atoms with Gasteiger partial charge in [0.15, 0.2) is 5.76 Å². The van der Waals surface area contributed by atoms with E-state index in [2.05, 4.69) is 0 Å². The topological polar surface area (TPSA) is 96.4 Å². The second kappa shape index (κ2) is 6.05. The first-order valence-corrected chi connectivity index (χ1v) is 9.83. The first-order valence-electron chi connectivity index (χ1n) is 8.02. The molecule has 6 nitrogen and oxygen atoms in total. The molecule has 4 rings (SSSR count). The van der Waals surface area contributed by atoms with Gasteiger partial charge in [0, 0.05) is 17.6 Å². The van der Waals surface area contributed by atoms with E-state index < -0.39 is 15.9 Å². The lowest BCUT2D eigenvalue weighted by Gasteiger charge is -2.36. The lowest BCUT2D eigenvalue weighted by Crippen LogP contribution is -2.37. The van der Waals surface area contributed by atoms with Crippen molar-refractivity contribution in [2.45, 2.75) is 5.92 Å². The van der Waals surface area contributed by atoms with E-state index >= 15 is 0 Å². The van der Waals surface area contributed by atoms with Crippen LogP contribution in [0.15, 0.2) is 64.9 Å². The van der Waals surface area contributed by atoms with Crippen LogP contribution in [0.3, 0.4) is 0 Å². The van der Waals surface area contributed by atoms with Crippen molar-refractivity contribution in [3.63, 3.8) is 0 Å². The summed E-state index contributed by atoms with van der Waals surface area (Å²) in [7, 11) is -2.46. The Morgan fingerprint density at radius 2 is 1.85 bits per heavy atom. The molecular weight excluding hydrogens is 386 g/mol. The van der Waals surface area contributed by atoms with E-state index in [1.807, 2.05) is 6.07 Å². The normalized spacial score (nSPS) is 20.5. The molecule has 2 aliphatic rings. The molecule has 27 heavy (non-hydrogen) atoms. The van der Waals surface area contributed by atoms with Crippen LogP contribution in [0.2, 0.25) is 5.02 Å². The minimum atomic E-state index is -3.94. The molecule has 2 aliphatic heterocycles. The zero-order valence-electron chi connectivity index (χ0n) is 14.2. The molecule has 2 N–H and O–H groups in total. The van der Waals surface area contributed by atoms with E-state index in [1.54, 1.807) is 48.5 Å². The zero-order valence-corrected chi connectivity index (χ0v) is 15.8. The van der Waals surface area contributed by atoms with Crippen molar-refractivity contribution in [1.82, 2.24) is 0 Å². The van der Waals surface area contributed by atoms with Crippen LogP contribution in [0, 0.1) is 11.3 Å². The maximum Gasteiger partial charge on any atom is 0.264 e. The Morgan fingerprint density at radius 3 is 2.52 bits per heavy atom. The molecule has 0 saturated heterocycles. The molecule has 0 bridgehead atoms. The second-order valence-electron chi connectivity index (χ2n) is 6.16. The van der Waals surface area contributed by atoms with Gasteiger partial charge in [-0.25, -0.2) is 8.42 Å². The molecule has 0 radical (unpaired) electrons. The number of hydrogen-bond donors (Lipinski definition) is 1. The highest BCUT2D eigenvalue weighted by atomic mass is 35.5. The van der Waals surface area contributed by atoms with Gasteiger partial charge in [0.25, 0.3) is 10.0 Å². The number of nitrogens with two attached hydrogens (primary N) is 1. The Bertz CT molecular complexity index is 1160. The Labute approximate surface area is 161 Å². The number of ether oxygens (including phenoxy) is 1. The van der Waals surface area contributed by atoms with E-state index in [9.17, 15) is 13.7 Å². The van der Waals surface area contributed by atoms with Crippen LogP contribution >= 0.6 is 11.6 Å². The Morgan fingerprint density at radius 1 is 1.19 bits per heavy atom. The summed E-state index contributed by atoms with van der Waals surface area (Å²) in [6.07, 6.45) is 0. The van der Waals surface area contributed by atoms with Gasteiger partial charge in [-0.15, -0.1) is 0 Å². The lowest BCUT2D eigenvalue weighted by molar-refractivity contribution is 0.357. The van der Waals surface area contributed by atoms with Gasteiger partial charge in [0.05, 0.1) is 11.6 Å². The number of fused-ring (bicyclic) bond motifs is 2. The Balaban J connectivity index is 2.07. The Hall–Kier alpha value is -2.95. The highest BCUT2D eigenvalue weighted by Gasteiger charge is 2.46. The molecule has 0 amide bonds. The summed E-state index contributed by atoms with van der Waals surface area (Å²) in [6.45, 7) is 0. The number of nitrogens with zero attached hydrogens (tertiary/aromatic N) is 2. The summed E-state index contributed by atoms with van der Waals surface area (Å²) < 4.78 is 33.5. The third kappa shape index (κ3) is 2.49. The minimum absolute atomic E-state index is 0.00299. The van der Waals surface area contributed by atoms with Gasteiger partial charge in [-0.2, -0.15) is 5.26 Å². The fraction of sp³-hybridized carbons (Fsp3) is 0.105. The molecule has 2 heterocycles. The predicted molar refractivity (Wildman–Crippen MR) is 103 cm³/mol. The van der Waals surface area contributed by atoms with Crippen LogP contribution in [-0.2, 0) is 14.8 Å². The van der Waals surface area contributed by atoms with E-state index in [-0.39, 0.29) is 22.1 Å². The summed E-state index contributed by atoms with van der Waals surface area (Å²) in [4.78, 5) is -0.00299. The quantitative estimate of drug-likeness (QED) is 0.793. The van der Waals surface area contributed by atoms with Gasteiger partial charge in [-0.05, 0) is 29.8 Å². The SMILES string of the molecule is CN1c2ccccc2C2=C([C@@H](c3ccc(Cl)cc3)C(C#N)=C(N)O2)S1(=O)=O. The van der Waals surface area contributed by atoms with Gasteiger partial charge >= 0.3 is 0 Å². The summed E-state index contributed by atoms with van der Waals surface area (Å²) in [6, 6.07) is 15.6. The van der Waals surface area contributed by atoms with Crippen molar-refractivity contribution in [2.75, 3.05) is 11.4 Å². The summed E-state index contributed by atoms with van der Waals surface area (Å²) >= 11 is 5.97. The number of rotatable bonds is 1. The molecule has 0 saturated carbocycles. The molecule has 1 atom stereocenters. The summed E-state index contributed by atoms with van der Waals surface area (Å²) in [5.74, 6) is -0.831. The molecule has 136 valence electrons. The monoisotopic (exact) mass is 399 g/mol. The predicted octanol–water partition coefficient (Wildman–Crippen LogP) is 3.30. The maximum atomic E-state index is 13.3. The number of benzene rings is 2. The molecule has 0 spiro atoms. The van der Waals surface area contributed by atoms with Crippen molar-refractivity contribution >= 4 is 33.1 Å². The van der Waals surface area contributed by atoms with Gasteiger partial charge in [-0.1, -0.05) is 35.9 Å². The van der Waals surface area contributed by atoms with Gasteiger partial charge in [0.1, 0.15) is 16.5 Å². The van der Waals surface area contributed by atoms with Crippen molar-refractivity contribution in [1.29, 1.82) is 5.26 Å². The van der Waals surface area contributed by atoms with Crippen LogP contribution in [0.1, 0.15) is 17.0 Å². The van der Waals surface area contributed by atoms with Crippen molar-refractivity contribution in [3.05, 3.63) is 81.0 Å². The molecule has 0 unspecified atom stereocenters. The number of nitriles is 1. The van der Waals surface area contributed by atoms with Crippen molar-refractivity contribution in [2.24, 2.45) is 5.73 Å². The zero-order chi connectivity index (χ0) is 19.3. The molecule has 0 aromatic heterocycles. The number of hydrogen-bond acceptors (Lipinski definition) is 5. The van der Waals surface area contributed by atoms with Gasteiger partial charge in [0.2, 0.25) is 5.88 Å². The van der Waals surface area contributed by atoms with Crippen LogP contribution in [0.25, 0.3) is 5.76 Å². The largest absolute Gasteiger partial charge is 0.439 e. The smallest absolute Gasteiger partial charge is 0.264 e. The summed E-state index contributed by atoms with van der Waals surface area (Å²) in [5, 5.41) is 10.1. The van der Waals surface area contributed by atoms with Crippen LogP contribution in [0.5, 0.6) is 0 Å². The molecule has 2 aromatic carbocycles. The maximum absolute atomic E-state index is 13.3. The fourth-order valence-electron chi connectivity index (χ4n) is 3.38. The molecule has 0 fully saturated rings. The van der Waals surface area contributed by atoms with Crippen molar-refractivity contribution in [3.8, 4) is 6.07 Å². The number of halogens is 1. The molecular formula is C19H14ClN3O3S.